The van der Waals surface area contributed by atoms with E-state index >= 15 is 0 Å². The van der Waals surface area contributed by atoms with Gasteiger partial charge >= 0.3 is 5.97 Å². The molecule has 220 valence electrons. The van der Waals surface area contributed by atoms with Crippen molar-refractivity contribution in [3.63, 3.8) is 0 Å². The molecular formula is C30H29ClN2O6S3. The number of hydrogen-bond donors (Lipinski definition) is 2. The van der Waals surface area contributed by atoms with Gasteiger partial charge in [-0.1, -0.05) is 48.0 Å². The van der Waals surface area contributed by atoms with Gasteiger partial charge in [0.05, 0.1) is 28.0 Å². The van der Waals surface area contributed by atoms with Crippen molar-refractivity contribution in [3.05, 3.63) is 111 Å². The van der Waals surface area contributed by atoms with E-state index in [9.17, 15) is 27.9 Å². The molecule has 1 amide bonds. The third kappa shape index (κ3) is 8.34. The first-order valence-corrected chi connectivity index (χ1v) is 16.9. The Kier molecular flexibility index (Phi) is 11.0. The van der Waals surface area contributed by atoms with E-state index < -0.39 is 34.4 Å². The molecule has 4 rings (SSSR count). The minimum Gasteiger partial charge on any atom is -0.481 e. The number of carbonyl (C=O) groups is 3. The average molecular weight is 645 g/mol. The van der Waals surface area contributed by atoms with Gasteiger partial charge in [-0.2, -0.15) is 0 Å². The van der Waals surface area contributed by atoms with Crippen molar-refractivity contribution in [2.75, 3.05) is 5.75 Å². The third-order valence-corrected chi connectivity index (χ3v) is 10.6. The number of hydrogen-bond acceptors (Lipinski definition) is 7. The molecule has 0 aliphatic rings. The number of amides is 1. The number of aromatic nitrogens is 1. The highest BCUT2D eigenvalue weighted by Gasteiger charge is 2.25. The Labute approximate surface area is 257 Å². The summed E-state index contributed by atoms with van der Waals surface area (Å²) >= 11 is 8.72. The number of Topliss-reactive ketones (excluding diaryl/α,β-unsaturated/α-hetero) is 1. The topological polar surface area (TPSA) is 123 Å². The minimum atomic E-state index is -3.69. The van der Waals surface area contributed by atoms with Crippen LogP contribution in [0.3, 0.4) is 0 Å². The maximum atomic E-state index is 13.0. The Balaban J connectivity index is 1.31. The molecular weight excluding hydrogens is 616 g/mol. The van der Waals surface area contributed by atoms with Gasteiger partial charge in [-0.3, -0.25) is 14.4 Å². The fourth-order valence-electron chi connectivity index (χ4n) is 4.24. The van der Waals surface area contributed by atoms with E-state index in [4.69, 9.17) is 11.6 Å². The van der Waals surface area contributed by atoms with Crippen LogP contribution in [0.15, 0.2) is 90.0 Å². The van der Waals surface area contributed by atoms with Crippen LogP contribution in [0.1, 0.15) is 38.6 Å². The number of halogens is 1. The summed E-state index contributed by atoms with van der Waals surface area (Å²) in [5, 5.41) is 12.5. The van der Waals surface area contributed by atoms with Crippen LogP contribution >= 0.6 is 34.7 Å². The summed E-state index contributed by atoms with van der Waals surface area (Å²) in [5.74, 6) is -1.56. The van der Waals surface area contributed by atoms with Gasteiger partial charge in [0.15, 0.2) is 5.78 Å². The molecule has 1 atom stereocenters. The summed E-state index contributed by atoms with van der Waals surface area (Å²) in [6, 6.07) is 21.3. The first-order valence-electron chi connectivity index (χ1n) is 13.1. The van der Waals surface area contributed by atoms with Crippen molar-refractivity contribution in [3.8, 4) is 0 Å². The SMILES string of the molecule is O=C(O)CC(NC(=O)c1ccc(CCCc2cccn2S(=O)(=O)c2ccccc2)s1)C(=O)CSCc1ccccc1Cl. The van der Waals surface area contributed by atoms with Crippen LogP contribution in [0, 0.1) is 0 Å². The van der Waals surface area contributed by atoms with Crippen LogP contribution in [0.5, 0.6) is 0 Å². The summed E-state index contributed by atoms with van der Waals surface area (Å²) in [5.41, 5.74) is 1.53. The van der Waals surface area contributed by atoms with Crippen LogP contribution in [0.25, 0.3) is 0 Å². The van der Waals surface area contributed by atoms with Crippen molar-refractivity contribution in [2.45, 2.75) is 42.4 Å². The molecule has 2 aromatic heterocycles. The third-order valence-electron chi connectivity index (χ3n) is 6.37. The highest BCUT2D eigenvalue weighted by molar-refractivity contribution is 7.99. The zero-order valence-electron chi connectivity index (χ0n) is 22.4. The Hall–Kier alpha value is -3.38. The lowest BCUT2D eigenvalue weighted by Gasteiger charge is -2.15. The monoisotopic (exact) mass is 644 g/mol. The zero-order valence-corrected chi connectivity index (χ0v) is 25.6. The Bertz CT molecular complexity index is 1650. The van der Waals surface area contributed by atoms with Gasteiger partial charge in [0.25, 0.3) is 15.9 Å². The van der Waals surface area contributed by atoms with Crippen LogP contribution < -0.4 is 5.32 Å². The van der Waals surface area contributed by atoms with E-state index in [0.29, 0.717) is 40.6 Å². The standard InChI is InChI=1S/C30H29ClN2O6S3/c31-25-14-5-4-8-21(25)19-40-20-27(34)26(18-29(35)36)32-30(37)28-16-15-23(41-28)11-6-9-22-10-7-17-33(22)42(38,39)24-12-2-1-3-13-24/h1-5,7-8,10,12-17,26H,6,9,11,18-20H2,(H,32,37)(H,35,36). The van der Waals surface area contributed by atoms with E-state index in [1.54, 1.807) is 54.6 Å². The van der Waals surface area contributed by atoms with Gasteiger partial charge in [-0.25, -0.2) is 12.4 Å². The van der Waals surface area contributed by atoms with Crippen molar-refractivity contribution >= 4 is 62.4 Å². The van der Waals surface area contributed by atoms with E-state index in [1.807, 2.05) is 24.3 Å². The lowest BCUT2D eigenvalue weighted by molar-refractivity contribution is -0.139. The number of carboxylic acid groups (broad SMARTS) is 1. The maximum Gasteiger partial charge on any atom is 0.305 e. The van der Waals surface area contributed by atoms with E-state index in [-0.39, 0.29) is 16.4 Å². The number of thioether (sulfide) groups is 1. The van der Waals surface area contributed by atoms with E-state index in [0.717, 1.165) is 10.4 Å². The number of aryl methyl sites for hydroxylation is 2. The number of nitrogens with one attached hydrogen (secondary N) is 1. The van der Waals surface area contributed by atoms with Crippen LogP contribution in [-0.2, 0) is 38.2 Å². The summed E-state index contributed by atoms with van der Waals surface area (Å²) < 4.78 is 27.3. The number of aliphatic carboxylic acids is 1. The van der Waals surface area contributed by atoms with Crippen LogP contribution in [0.2, 0.25) is 5.02 Å². The van der Waals surface area contributed by atoms with Gasteiger partial charge in [-0.05, 0) is 67.3 Å². The first kappa shape index (κ1) is 31.6. The number of rotatable bonds is 15. The number of carbonyl (C=O) groups excluding carboxylic acids is 2. The van der Waals surface area contributed by atoms with Crippen molar-refractivity contribution < 1.29 is 27.9 Å². The molecule has 0 saturated carbocycles. The van der Waals surface area contributed by atoms with Crippen molar-refractivity contribution in [1.29, 1.82) is 0 Å². The highest BCUT2D eigenvalue weighted by atomic mass is 35.5. The highest BCUT2D eigenvalue weighted by Crippen LogP contribution is 2.23. The molecule has 2 heterocycles. The minimum absolute atomic E-state index is 0.0286. The molecule has 0 aliphatic heterocycles. The van der Waals surface area contributed by atoms with Crippen LogP contribution in [-0.4, -0.2) is 47.0 Å². The molecule has 12 heteroatoms. The molecule has 42 heavy (non-hydrogen) atoms. The van der Waals surface area contributed by atoms with Gasteiger partial charge in [0.1, 0.15) is 0 Å². The fourth-order valence-corrected chi connectivity index (χ4v) is 7.87. The molecule has 8 nitrogen and oxygen atoms in total. The molecule has 0 saturated heterocycles. The van der Waals surface area contributed by atoms with Gasteiger partial charge in [0.2, 0.25) is 0 Å². The van der Waals surface area contributed by atoms with Gasteiger partial charge in [-0.15, -0.1) is 23.1 Å². The molecule has 1 unspecified atom stereocenters. The van der Waals surface area contributed by atoms with Crippen molar-refractivity contribution in [2.24, 2.45) is 0 Å². The lowest BCUT2D eigenvalue weighted by atomic mass is 10.1. The number of benzene rings is 2. The number of carboxylic acids is 1. The average Bonchev–Trinajstić information content (AvgIpc) is 3.64. The second-order valence-corrected chi connectivity index (χ2v) is 13.8. The summed E-state index contributed by atoms with van der Waals surface area (Å²) in [6.07, 6.45) is 2.80. The van der Waals surface area contributed by atoms with Gasteiger partial charge < -0.3 is 10.4 Å². The lowest BCUT2D eigenvalue weighted by Crippen LogP contribution is -2.43. The summed E-state index contributed by atoms with van der Waals surface area (Å²) in [4.78, 5) is 38.6. The summed E-state index contributed by atoms with van der Waals surface area (Å²) in [7, 11) is -3.69. The van der Waals surface area contributed by atoms with Crippen LogP contribution in [0.4, 0.5) is 0 Å². The molecule has 0 fully saturated rings. The molecule has 0 spiro atoms. The first-order chi connectivity index (χ1) is 20.1. The molecule has 2 aromatic carbocycles. The second kappa shape index (κ2) is 14.7. The van der Waals surface area contributed by atoms with E-state index in [2.05, 4.69) is 5.32 Å². The second-order valence-electron chi connectivity index (χ2n) is 9.41. The number of thiophene rings is 1. The molecule has 0 aliphatic carbocycles. The Morgan fingerprint density at radius 3 is 2.43 bits per heavy atom. The molecule has 2 N–H and O–H groups in total. The summed E-state index contributed by atoms with van der Waals surface area (Å²) in [6.45, 7) is 0. The fraction of sp³-hybridized carbons (Fsp3) is 0.233. The number of nitrogens with zero attached hydrogens (tertiary/aromatic N) is 1. The largest absolute Gasteiger partial charge is 0.481 e. The van der Waals surface area contributed by atoms with Crippen molar-refractivity contribution in [1.82, 2.24) is 9.29 Å². The smallest absolute Gasteiger partial charge is 0.305 e. The molecule has 0 bridgehead atoms. The zero-order chi connectivity index (χ0) is 30.1. The predicted octanol–water partition coefficient (Wildman–Crippen LogP) is 5.69. The quantitative estimate of drug-likeness (QED) is 0.170. The van der Waals surface area contributed by atoms with E-state index in [1.165, 1.54) is 33.3 Å². The normalized spacial score (nSPS) is 12.1. The van der Waals surface area contributed by atoms with Gasteiger partial charge in [0, 0.05) is 27.5 Å². The predicted molar refractivity (Wildman–Crippen MR) is 166 cm³/mol. The Morgan fingerprint density at radius 2 is 1.69 bits per heavy atom. The maximum absolute atomic E-state index is 13.0. The Morgan fingerprint density at radius 1 is 0.952 bits per heavy atom. The molecule has 4 aromatic rings. The molecule has 0 radical (unpaired) electrons. The number of ketones is 1.